The SMILES string of the molecule is Cc1c(COc2ccc(CNS(C)(=O)=O)cc2Br)cccc1-c1cccc(COc2ccc(CNS(C)(=O)=O)cc2Br)c1C. The van der Waals surface area contributed by atoms with Crippen LogP contribution in [0.15, 0.2) is 81.7 Å². The summed E-state index contributed by atoms with van der Waals surface area (Å²) in [6, 6.07) is 23.4. The molecule has 0 fully saturated rings. The summed E-state index contributed by atoms with van der Waals surface area (Å²) in [5.41, 5.74) is 8.17. The molecule has 0 aliphatic heterocycles. The first kappa shape index (κ1) is 34.1. The molecular weight excluding hydrogens is 732 g/mol. The molecule has 0 radical (unpaired) electrons. The van der Waals surface area contributed by atoms with Crippen LogP contribution in [0.4, 0.5) is 0 Å². The predicted molar refractivity (Wildman–Crippen MR) is 182 cm³/mol. The van der Waals surface area contributed by atoms with Crippen LogP contribution in [0, 0.1) is 13.8 Å². The Morgan fingerprint density at radius 1 is 0.614 bits per heavy atom. The molecule has 0 heterocycles. The zero-order chi connectivity index (χ0) is 32.1. The molecule has 44 heavy (non-hydrogen) atoms. The number of hydrogen-bond acceptors (Lipinski definition) is 6. The maximum atomic E-state index is 11.4. The van der Waals surface area contributed by atoms with Crippen LogP contribution in [0.25, 0.3) is 11.1 Å². The van der Waals surface area contributed by atoms with E-state index in [2.05, 4.69) is 67.3 Å². The van der Waals surface area contributed by atoms with Gasteiger partial charge in [0.2, 0.25) is 20.0 Å². The largest absolute Gasteiger partial charge is 0.488 e. The van der Waals surface area contributed by atoms with Gasteiger partial charge < -0.3 is 9.47 Å². The molecule has 0 spiro atoms. The molecule has 0 bridgehead atoms. The van der Waals surface area contributed by atoms with Crippen LogP contribution in [0.1, 0.15) is 33.4 Å². The molecule has 0 aliphatic carbocycles. The lowest BCUT2D eigenvalue weighted by Crippen LogP contribution is -2.21. The number of hydrogen-bond donors (Lipinski definition) is 2. The van der Waals surface area contributed by atoms with Crippen molar-refractivity contribution in [3.8, 4) is 22.6 Å². The maximum absolute atomic E-state index is 11.4. The summed E-state index contributed by atoms with van der Waals surface area (Å²) in [5.74, 6) is 1.33. The van der Waals surface area contributed by atoms with Crippen LogP contribution in [-0.4, -0.2) is 29.3 Å². The Hall–Kier alpha value is -2.74. The van der Waals surface area contributed by atoms with Gasteiger partial charge in [0, 0.05) is 13.1 Å². The molecule has 0 saturated carbocycles. The third kappa shape index (κ3) is 9.63. The topological polar surface area (TPSA) is 111 Å². The summed E-state index contributed by atoms with van der Waals surface area (Å²) < 4.78 is 64.4. The van der Waals surface area contributed by atoms with Gasteiger partial charge in [0.05, 0.1) is 21.5 Å². The van der Waals surface area contributed by atoms with Crippen LogP contribution in [0.3, 0.4) is 0 Å². The molecule has 0 unspecified atom stereocenters. The minimum atomic E-state index is -3.28. The molecule has 0 saturated heterocycles. The number of nitrogens with one attached hydrogen (secondary N) is 2. The molecule has 0 atom stereocenters. The first-order valence-electron chi connectivity index (χ1n) is 13.6. The molecule has 4 aromatic rings. The van der Waals surface area contributed by atoms with E-state index in [1.807, 2.05) is 60.7 Å². The lowest BCUT2D eigenvalue weighted by atomic mass is 9.92. The monoisotopic (exact) mass is 764 g/mol. The average Bonchev–Trinajstić information content (AvgIpc) is 2.95. The second-order valence-corrected chi connectivity index (χ2v) is 15.8. The molecule has 0 amide bonds. The van der Waals surface area contributed by atoms with Crippen molar-refractivity contribution in [1.29, 1.82) is 0 Å². The second-order valence-electron chi connectivity index (χ2n) is 10.5. The van der Waals surface area contributed by atoms with E-state index < -0.39 is 20.0 Å². The van der Waals surface area contributed by atoms with E-state index in [1.165, 1.54) is 0 Å². The molecule has 4 aromatic carbocycles. The predicted octanol–water partition coefficient (Wildman–Crippen LogP) is 6.75. The first-order valence-corrected chi connectivity index (χ1v) is 19.0. The van der Waals surface area contributed by atoms with E-state index in [9.17, 15) is 16.8 Å². The number of rotatable bonds is 13. The minimum Gasteiger partial charge on any atom is -0.488 e. The van der Waals surface area contributed by atoms with Gasteiger partial charge in [-0.05, 0) is 114 Å². The van der Waals surface area contributed by atoms with Crippen molar-refractivity contribution in [3.63, 3.8) is 0 Å². The van der Waals surface area contributed by atoms with Gasteiger partial charge in [0.25, 0.3) is 0 Å². The van der Waals surface area contributed by atoms with Crippen molar-refractivity contribution in [1.82, 2.24) is 9.44 Å². The Labute approximate surface area is 276 Å². The number of sulfonamides is 2. The third-order valence-corrected chi connectivity index (χ3v) is 9.59. The summed E-state index contributed by atoms with van der Waals surface area (Å²) >= 11 is 7.08. The number of ether oxygens (including phenoxy) is 2. The fourth-order valence-electron chi connectivity index (χ4n) is 4.55. The molecule has 0 aromatic heterocycles. The van der Waals surface area contributed by atoms with Gasteiger partial charge in [-0.3, -0.25) is 0 Å². The quantitative estimate of drug-likeness (QED) is 0.156. The summed E-state index contributed by atoms with van der Waals surface area (Å²) in [5, 5.41) is 0. The Morgan fingerprint density at radius 2 is 1.00 bits per heavy atom. The summed E-state index contributed by atoms with van der Waals surface area (Å²) in [6.07, 6.45) is 2.26. The van der Waals surface area contributed by atoms with Gasteiger partial charge in [0.1, 0.15) is 24.7 Å². The van der Waals surface area contributed by atoms with Gasteiger partial charge in [-0.2, -0.15) is 0 Å². The Bertz CT molecular complexity index is 1740. The van der Waals surface area contributed by atoms with Crippen LogP contribution in [0.5, 0.6) is 11.5 Å². The van der Waals surface area contributed by atoms with E-state index in [0.717, 1.165) is 66.0 Å². The normalized spacial score (nSPS) is 11.9. The highest BCUT2D eigenvalue weighted by atomic mass is 79.9. The maximum Gasteiger partial charge on any atom is 0.209 e. The van der Waals surface area contributed by atoms with Crippen LogP contribution in [0.2, 0.25) is 0 Å². The van der Waals surface area contributed by atoms with Crippen molar-refractivity contribution < 1.29 is 26.3 Å². The lowest BCUT2D eigenvalue weighted by Gasteiger charge is -2.17. The van der Waals surface area contributed by atoms with Crippen molar-refractivity contribution in [2.24, 2.45) is 0 Å². The fraction of sp³-hybridized carbons (Fsp3) is 0.250. The lowest BCUT2D eigenvalue weighted by molar-refractivity contribution is 0.303. The number of benzene rings is 4. The van der Waals surface area contributed by atoms with Gasteiger partial charge in [-0.1, -0.05) is 48.5 Å². The van der Waals surface area contributed by atoms with Gasteiger partial charge >= 0.3 is 0 Å². The fourth-order valence-corrected chi connectivity index (χ4v) is 6.48. The Kier molecular flexibility index (Phi) is 11.3. The first-order chi connectivity index (χ1) is 20.7. The van der Waals surface area contributed by atoms with Crippen LogP contribution < -0.4 is 18.9 Å². The van der Waals surface area contributed by atoms with E-state index in [1.54, 1.807) is 0 Å². The van der Waals surface area contributed by atoms with Gasteiger partial charge in [-0.15, -0.1) is 0 Å². The standard InChI is InChI=1S/C32H34Br2N2O6S2/c1-21-25(19-41-31-13-11-23(15-29(31)33)17-35-43(3,37)38)7-5-9-27(21)28-10-6-8-26(22(28)2)20-42-32-14-12-24(16-30(32)34)18-36-44(4,39)40/h5-16,35-36H,17-20H2,1-4H3. The highest BCUT2D eigenvalue weighted by Gasteiger charge is 2.14. The Morgan fingerprint density at radius 3 is 1.34 bits per heavy atom. The third-order valence-electron chi connectivity index (χ3n) is 7.02. The zero-order valence-corrected chi connectivity index (χ0v) is 29.6. The highest BCUT2D eigenvalue weighted by molar-refractivity contribution is 9.11. The molecule has 234 valence electrons. The van der Waals surface area contributed by atoms with Gasteiger partial charge in [-0.25, -0.2) is 26.3 Å². The van der Waals surface area contributed by atoms with Crippen LogP contribution >= 0.6 is 31.9 Å². The summed E-state index contributed by atoms with van der Waals surface area (Å²) in [7, 11) is -6.55. The Balaban J connectivity index is 1.45. The zero-order valence-electron chi connectivity index (χ0n) is 24.8. The van der Waals surface area contributed by atoms with Crippen molar-refractivity contribution in [2.75, 3.05) is 12.5 Å². The van der Waals surface area contributed by atoms with E-state index in [0.29, 0.717) is 24.7 Å². The van der Waals surface area contributed by atoms with Gasteiger partial charge in [0.15, 0.2) is 0 Å². The van der Waals surface area contributed by atoms with Crippen LogP contribution in [-0.2, 0) is 46.3 Å². The van der Waals surface area contributed by atoms with E-state index in [-0.39, 0.29) is 13.1 Å². The van der Waals surface area contributed by atoms with Crippen molar-refractivity contribution in [3.05, 3.63) is 115 Å². The molecule has 8 nitrogen and oxygen atoms in total. The smallest absolute Gasteiger partial charge is 0.209 e. The van der Waals surface area contributed by atoms with E-state index >= 15 is 0 Å². The summed E-state index contributed by atoms with van der Waals surface area (Å²) in [6.45, 7) is 5.31. The minimum absolute atomic E-state index is 0.205. The molecule has 2 N–H and O–H groups in total. The highest BCUT2D eigenvalue weighted by Crippen LogP contribution is 2.33. The number of halogens is 2. The van der Waals surface area contributed by atoms with Crippen molar-refractivity contribution in [2.45, 2.75) is 40.2 Å². The average molecular weight is 767 g/mol. The molecule has 4 rings (SSSR count). The summed E-state index contributed by atoms with van der Waals surface area (Å²) in [4.78, 5) is 0. The molecule has 0 aliphatic rings. The molecular formula is C32H34Br2N2O6S2. The molecule has 12 heteroatoms. The second kappa shape index (κ2) is 14.6. The van der Waals surface area contributed by atoms with Crippen molar-refractivity contribution >= 4 is 51.9 Å². The van der Waals surface area contributed by atoms with E-state index in [4.69, 9.17) is 9.47 Å².